The fourth-order valence-electron chi connectivity index (χ4n) is 2.72. The molecule has 0 aliphatic carbocycles. The highest BCUT2D eigenvalue weighted by Crippen LogP contribution is 2.21. The molecule has 0 aliphatic rings. The first kappa shape index (κ1) is 16.5. The Hall–Kier alpha value is -3.39. The quantitative estimate of drug-likeness (QED) is 0.755. The number of benzene rings is 2. The van der Waals surface area contributed by atoms with Crippen molar-refractivity contribution in [1.82, 2.24) is 14.9 Å². The fourth-order valence-corrected chi connectivity index (χ4v) is 2.72. The van der Waals surface area contributed by atoms with Crippen LogP contribution in [-0.4, -0.2) is 15.5 Å². The molecule has 124 valence electrons. The van der Waals surface area contributed by atoms with Gasteiger partial charge in [-0.1, -0.05) is 60.7 Å². The monoisotopic (exact) mass is 330 g/mol. The molecule has 0 bridgehead atoms. The average Bonchev–Trinajstić information content (AvgIpc) is 3.09. The second-order valence-electron chi connectivity index (χ2n) is 5.65. The van der Waals surface area contributed by atoms with Crippen LogP contribution in [0.2, 0.25) is 0 Å². The summed E-state index contributed by atoms with van der Waals surface area (Å²) in [4.78, 5) is 16.5. The van der Waals surface area contributed by atoms with E-state index in [1.54, 1.807) is 6.20 Å². The van der Waals surface area contributed by atoms with Crippen LogP contribution in [0.3, 0.4) is 0 Å². The van der Waals surface area contributed by atoms with Crippen molar-refractivity contribution < 1.29 is 4.79 Å². The minimum atomic E-state index is -0.402. The molecule has 1 N–H and O–H groups in total. The Morgan fingerprint density at radius 1 is 1.12 bits per heavy atom. The van der Waals surface area contributed by atoms with Crippen molar-refractivity contribution in [2.45, 2.75) is 19.0 Å². The summed E-state index contributed by atoms with van der Waals surface area (Å²) in [6, 6.07) is 21.2. The molecule has 1 amide bonds. The summed E-state index contributed by atoms with van der Waals surface area (Å²) in [5.41, 5.74) is 2.08. The zero-order valence-corrected chi connectivity index (χ0v) is 13.7. The summed E-state index contributed by atoms with van der Waals surface area (Å²) in [7, 11) is 0. The van der Waals surface area contributed by atoms with E-state index in [0.29, 0.717) is 6.54 Å². The number of carbonyl (C=O) groups excluding carboxylic acids is 1. The van der Waals surface area contributed by atoms with Crippen LogP contribution in [0.1, 0.15) is 29.4 Å². The van der Waals surface area contributed by atoms with E-state index in [4.69, 9.17) is 5.26 Å². The Morgan fingerprint density at radius 2 is 1.80 bits per heavy atom. The van der Waals surface area contributed by atoms with E-state index in [0.717, 1.165) is 17.0 Å². The van der Waals surface area contributed by atoms with Gasteiger partial charge in [0.2, 0.25) is 5.91 Å². The second-order valence-corrected chi connectivity index (χ2v) is 5.65. The molecule has 1 heterocycles. The van der Waals surface area contributed by atoms with E-state index in [1.165, 1.54) is 0 Å². The van der Waals surface area contributed by atoms with E-state index in [9.17, 15) is 4.79 Å². The Morgan fingerprint density at radius 3 is 2.48 bits per heavy atom. The third kappa shape index (κ3) is 4.12. The van der Waals surface area contributed by atoms with Crippen molar-refractivity contribution in [2.24, 2.45) is 0 Å². The van der Waals surface area contributed by atoms with Gasteiger partial charge in [0.25, 0.3) is 0 Å². The maximum atomic E-state index is 12.0. The zero-order chi connectivity index (χ0) is 17.5. The first-order valence-corrected chi connectivity index (χ1v) is 8.04. The molecule has 0 aliphatic heterocycles. The number of aromatic nitrogens is 2. The predicted molar refractivity (Wildman–Crippen MR) is 94.4 cm³/mol. The van der Waals surface area contributed by atoms with Gasteiger partial charge in [-0.25, -0.2) is 4.98 Å². The molecule has 0 saturated heterocycles. The predicted octanol–water partition coefficient (Wildman–Crippen LogP) is 3.05. The number of amides is 1. The molecule has 0 radical (unpaired) electrons. The highest BCUT2D eigenvalue weighted by molar-refractivity contribution is 5.78. The molecule has 0 saturated carbocycles. The molecule has 3 rings (SSSR count). The van der Waals surface area contributed by atoms with Gasteiger partial charge in [-0.3, -0.25) is 4.79 Å². The number of nitrogens with zero attached hydrogens (tertiary/aromatic N) is 3. The minimum absolute atomic E-state index is 0.178. The van der Waals surface area contributed by atoms with Crippen molar-refractivity contribution in [3.05, 3.63) is 90.0 Å². The van der Waals surface area contributed by atoms with E-state index in [2.05, 4.69) is 22.4 Å². The SMILES string of the molecule is N#CCC(=O)NC(c1ccccc1)c1nccn1Cc1ccccc1. The number of nitrogens with one attached hydrogen (secondary N) is 1. The highest BCUT2D eigenvalue weighted by Gasteiger charge is 2.21. The Bertz CT molecular complexity index is 865. The molecule has 5 nitrogen and oxygen atoms in total. The summed E-state index contributed by atoms with van der Waals surface area (Å²) in [5, 5.41) is 11.7. The summed E-state index contributed by atoms with van der Waals surface area (Å²) in [5.74, 6) is 0.423. The molecule has 1 aromatic heterocycles. The third-order valence-electron chi connectivity index (χ3n) is 3.88. The van der Waals surface area contributed by atoms with Gasteiger partial charge in [0.1, 0.15) is 18.3 Å². The van der Waals surface area contributed by atoms with E-state index >= 15 is 0 Å². The number of hydrogen-bond acceptors (Lipinski definition) is 3. The van der Waals surface area contributed by atoms with Gasteiger partial charge < -0.3 is 9.88 Å². The molecule has 3 aromatic rings. The molecule has 1 unspecified atom stereocenters. The smallest absolute Gasteiger partial charge is 0.235 e. The Kier molecular flexibility index (Phi) is 5.22. The average molecular weight is 330 g/mol. The highest BCUT2D eigenvalue weighted by atomic mass is 16.1. The van der Waals surface area contributed by atoms with Gasteiger partial charge in [0.15, 0.2) is 0 Å². The molecule has 0 fully saturated rings. The van der Waals surface area contributed by atoms with Crippen LogP contribution < -0.4 is 5.32 Å². The Balaban J connectivity index is 1.93. The second kappa shape index (κ2) is 7.93. The number of nitriles is 1. The van der Waals surface area contributed by atoms with Crippen LogP contribution in [0, 0.1) is 11.3 Å². The van der Waals surface area contributed by atoms with Crippen molar-refractivity contribution in [3.63, 3.8) is 0 Å². The number of imidazole rings is 1. The fraction of sp³-hybridized carbons (Fsp3) is 0.150. The standard InChI is InChI=1S/C20H18N4O/c21-12-11-18(25)23-19(17-9-5-2-6-10-17)20-22-13-14-24(20)15-16-7-3-1-4-8-16/h1-10,13-14,19H,11,15H2,(H,23,25). The zero-order valence-electron chi connectivity index (χ0n) is 13.7. The lowest BCUT2D eigenvalue weighted by Gasteiger charge is -2.20. The third-order valence-corrected chi connectivity index (χ3v) is 3.88. The van der Waals surface area contributed by atoms with Crippen molar-refractivity contribution in [1.29, 1.82) is 5.26 Å². The van der Waals surface area contributed by atoms with Crippen molar-refractivity contribution in [2.75, 3.05) is 0 Å². The van der Waals surface area contributed by atoms with Gasteiger partial charge in [-0.2, -0.15) is 5.26 Å². The summed E-state index contributed by atoms with van der Waals surface area (Å²) >= 11 is 0. The normalized spacial score (nSPS) is 11.5. The van der Waals surface area contributed by atoms with Crippen LogP contribution in [-0.2, 0) is 11.3 Å². The lowest BCUT2D eigenvalue weighted by molar-refractivity contribution is -0.120. The number of rotatable bonds is 6. The minimum Gasteiger partial charge on any atom is -0.341 e. The number of hydrogen-bond donors (Lipinski definition) is 1. The first-order valence-electron chi connectivity index (χ1n) is 8.04. The molecular formula is C20H18N4O. The van der Waals surface area contributed by atoms with E-state index < -0.39 is 6.04 Å². The van der Waals surface area contributed by atoms with Gasteiger partial charge in [-0.15, -0.1) is 0 Å². The van der Waals surface area contributed by atoms with Crippen molar-refractivity contribution >= 4 is 5.91 Å². The van der Waals surface area contributed by atoms with Gasteiger partial charge in [-0.05, 0) is 11.1 Å². The lowest BCUT2D eigenvalue weighted by atomic mass is 10.1. The van der Waals surface area contributed by atoms with E-state index in [1.807, 2.05) is 65.4 Å². The van der Waals surface area contributed by atoms with Crippen LogP contribution in [0.5, 0.6) is 0 Å². The van der Waals surface area contributed by atoms with E-state index in [-0.39, 0.29) is 12.3 Å². The molecule has 5 heteroatoms. The lowest BCUT2D eigenvalue weighted by Crippen LogP contribution is -2.31. The van der Waals surface area contributed by atoms with Gasteiger partial charge >= 0.3 is 0 Å². The number of carbonyl (C=O) groups is 1. The maximum Gasteiger partial charge on any atom is 0.235 e. The van der Waals surface area contributed by atoms with Crippen LogP contribution in [0.25, 0.3) is 0 Å². The molecule has 1 atom stereocenters. The topological polar surface area (TPSA) is 70.7 Å². The maximum absolute atomic E-state index is 12.0. The first-order chi connectivity index (χ1) is 12.3. The van der Waals surface area contributed by atoms with Crippen molar-refractivity contribution in [3.8, 4) is 6.07 Å². The molecule has 0 spiro atoms. The van der Waals surface area contributed by atoms with Gasteiger partial charge in [0, 0.05) is 18.9 Å². The summed E-state index contributed by atoms with van der Waals surface area (Å²) in [6.07, 6.45) is 3.45. The van der Waals surface area contributed by atoms with Crippen LogP contribution in [0.4, 0.5) is 0 Å². The van der Waals surface area contributed by atoms with Crippen LogP contribution in [0.15, 0.2) is 73.1 Å². The summed E-state index contributed by atoms with van der Waals surface area (Å²) in [6.45, 7) is 0.660. The Labute approximate surface area is 146 Å². The van der Waals surface area contributed by atoms with Gasteiger partial charge in [0.05, 0.1) is 6.07 Å². The largest absolute Gasteiger partial charge is 0.341 e. The molecular weight excluding hydrogens is 312 g/mol. The summed E-state index contributed by atoms with van der Waals surface area (Å²) < 4.78 is 2.01. The molecule has 25 heavy (non-hydrogen) atoms. The molecule has 2 aromatic carbocycles. The van der Waals surface area contributed by atoms with Crippen LogP contribution >= 0.6 is 0 Å².